The molecular weight excluding hydrogens is 151 g/mol. The molecule has 70 valence electrons. The van der Waals surface area contributed by atoms with E-state index in [9.17, 15) is 0 Å². The van der Waals surface area contributed by atoms with E-state index in [1.807, 2.05) is 0 Å². The number of hydrogen-bond donors (Lipinski definition) is 0. The van der Waals surface area contributed by atoms with Crippen molar-refractivity contribution >= 4 is 7.12 Å². The third kappa shape index (κ3) is 2.02. The van der Waals surface area contributed by atoms with Crippen LogP contribution in [0.2, 0.25) is 5.82 Å². The monoisotopic (exact) mass is 170 g/mol. The van der Waals surface area contributed by atoms with Crippen molar-refractivity contribution in [2.45, 2.75) is 38.4 Å². The van der Waals surface area contributed by atoms with E-state index in [0.29, 0.717) is 5.82 Å². The lowest BCUT2D eigenvalue weighted by Gasteiger charge is -2.21. The maximum atomic E-state index is 5.29. The maximum Gasteiger partial charge on any atom is 0.460 e. The average molecular weight is 170 g/mol. The zero-order chi connectivity index (χ0) is 8.97. The van der Waals surface area contributed by atoms with Gasteiger partial charge in [-0.2, -0.15) is 0 Å². The number of hydrogen-bond acceptors (Lipinski definition) is 2. The summed E-state index contributed by atoms with van der Waals surface area (Å²) >= 11 is 0. The summed E-state index contributed by atoms with van der Waals surface area (Å²) < 4.78 is 10.6. The Morgan fingerprint density at radius 2 is 1.92 bits per heavy atom. The third-order valence-electron chi connectivity index (χ3n) is 3.06. The second-order valence-corrected chi connectivity index (χ2v) is 3.60. The molecule has 1 aliphatic carbocycles. The SMILES string of the molecule is CC[C@H]1CCC[C@@H]1B(OC)OC. The van der Waals surface area contributed by atoms with Crippen LogP contribution in [-0.2, 0) is 9.31 Å². The zero-order valence-electron chi connectivity index (χ0n) is 8.38. The van der Waals surface area contributed by atoms with Gasteiger partial charge in [-0.05, 0) is 11.7 Å². The van der Waals surface area contributed by atoms with Gasteiger partial charge in [-0.25, -0.2) is 0 Å². The Morgan fingerprint density at radius 3 is 2.42 bits per heavy atom. The van der Waals surface area contributed by atoms with Gasteiger partial charge in [0.1, 0.15) is 0 Å². The fraction of sp³-hybridized carbons (Fsp3) is 1.00. The van der Waals surface area contributed by atoms with Gasteiger partial charge < -0.3 is 9.31 Å². The predicted molar refractivity (Wildman–Crippen MR) is 51.2 cm³/mol. The maximum absolute atomic E-state index is 5.29. The summed E-state index contributed by atoms with van der Waals surface area (Å²) in [6.45, 7) is 2.26. The van der Waals surface area contributed by atoms with Crippen LogP contribution in [0.25, 0.3) is 0 Å². The molecule has 0 amide bonds. The largest absolute Gasteiger partial charge is 0.460 e. The van der Waals surface area contributed by atoms with E-state index < -0.39 is 0 Å². The Labute approximate surface area is 75.8 Å². The van der Waals surface area contributed by atoms with Crippen molar-refractivity contribution in [3.05, 3.63) is 0 Å². The Balaban J connectivity index is 2.47. The molecule has 0 aromatic rings. The Kier molecular flexibility index (Phi) is 4.09. The van der Waals surface area contributed by atoms with Gasteiger partial charge in [0.05, 0.1) is 0 Å². The van der Waals surface area contributed by atoms with Gasteiger partial charge in [0.25, 0.3) is 0 Å². The van der Waals surface area contributed by atoms with Crippen molar-refractivity contribution in [1.29, 1.82) is 0 Å². The second kappa shape index (κ2) is 4.88. The van der Waals surface area contributed by atoms with Crippen molar-refractivity contribution in [2.24, 2.45) is 5.92 Å². The fourth-order valence-corrected chi connectivity index (χ4v) is 2.38. The lowest BCUT2D eigenvalue weighted by atomic mass is 9.65. The first-order valence-corrected chi connectivity index (χ1v) is 4.89. The molecule has 0 aromatic heterocycles. The summed E-state index contributed by atoms with van der Waals surface area (Å²) in [4.78, 5) is 0. The second-order valence-electron chi connectivity index (χ2n) is 3.60. The normalized spacial score (nSPS) is 29.2. The molecule has 1 fully saturated rings. The molecule has 0 spiro atoms. The lowest BCUT2D eigenvalue weighted by Crippen LogP contribution is -2.28. The van der Waals surface area contributed by atoms with E-state index >= 15 is 0 Å². The molecule has 1 rings (SSSR count). The van der Waals surface area contributed by atoms with E-state index in [2.05, 4.69) is 6.92 Å². The molecule has 0 heterocycles. The Hall–Kier alpha value is -0.0151. The van der Waals surface area contributed by atoms with E-state index in [-0.39, 0.29) is 7.12 Å². The summed E-state index contributed by atoms with van der Waals surface area (Å²) in [5, 5.41) is 0. The van der Waals surface area contributed by atoms with Gasteiger partial charge in [-0.3, -0.25) is 0 Å². The summed E-state index contributed by atoms with van der Waals surface area (Å²) in [6.07, 6.45) is 5.22. The van der Waals surface area contributed by atoms with Gasteiger partial charge >= 0.3 is 7.12 Å². The van der Waals surface area contributed by atoms with Crippen LogP contribution < -0.4 is 0 Å². The van der Waals surface area contributed by atoms with Gasteiger partial charge in [-0.1, -0.05) is 32.6 Å². The molecule has 1 aliphatic rings. The first kappa shape index (κ1) is 10.1. The highest BCUT2D eigenvalue weighted by molar-refractivity contribution is 6.46. The Morgan fingerprint density at radius 1 is 1.25 bits per heavy atom. The molecular formula is C9H19BO2. The summed E-state index contributed by atoms with van der Waals surface area (Å²) in [5.74, 6) is 1.44. The van der Waals surface area contributed by atoms with Crippen LogP contribution in [0.4, 0.5) is 0 Å². The first-order valence-electron chi connectivity index (χ1n) is 4.89. The molecule has 0 unspecified atom stereocenters. The molecule has 0 bridgehead atoms. The minimum absolute atomic E-state index is 0.0254. The molecule has 0 aromatic carbocycles. The topological polar surface area (TPSA) is 18.5 Å². The molecule has 0 N–H and O–H groups in total. The minimum atomic E-state index is 0.0254. The van der Waals surface area contributed by atoms with E-state index in [1.54, 1.807) is 14.2 Å². The van der Waals surface area contributed by atoms with Crippen LogP contribution in [0.15, 0.2) is 0 Å². The highest BCUT2D eigenvalue weighted by Gasteiger charge is 2.37. The minimum Gasteiger partial charge on any atom is -0.414 e. The molecule has 2 atom stereocenters. The standard InChI is InChI=1S/C9H19BO2/c1-4-8-6-5-7-9(8)10(11-2)12-3/h8-9H,4-7H2,1-3H3/t8-,9-/m0/s1. The van der Waals surface area contributed by atoms with Crippen LogP contribution in [-0.4, -0.2) is 21.3 Å². The van der Waals surface area contributed by atoms with Crippen LogP contribution in [0, 0.1) is 5.92 Å². The fourth-order valence-electron chi connectivity index (χ4n) is 2.38. The van der Waals surface area contributed by atoms with E-state index in [0.717, 1.165) is 5.92 Å². The van der Waals surface area contributed by atoms with E-state index in [1.165, 1.54) is 25.7 Å². The Bertz CT molecular complexity index is 126. The van der Waals surface area contributed by atoms with Gasteiger partial charge in [0, 0.05) is 14.2 Å². The van der Waals surface area contributed by atoms with E-state index in [4.69, 9.17) is 9.31 Å². The average Bonchev–Trinajstić information content (AvgIpc) is 2.55. The van der Waals surface area contributed by atoms with Crippen LogP contribution >= 0.6 is 0 Å². The van der Waals surface area contributed by atoms with Crippen LogP contribution in [0.3, 0.4) is 0 Å². The quantitative estimate of drug-likeness (QED) is 0.603. The predicted octanol–water partition coefficient (Wildman–Crippen LogP) is 2.35. The summed E-state index contributed by atoms with van der Waals surface area (Å²) in [6, 6.07) is 0. The zero-order valence-corrected chi connectivity index (χ0v) is 8.38. The molecule has 2 nitrogen and oxygen atoms in total. The van der Waals surface area contributed by atoms with Gasteiger partial charge in [0.2, 0.25) is 0 Å². The van der Waals surface area contributed by atoms with Crippen molar-refractivity contribution in [1.82, 2.24) is 0 Å². The van der Waals surface area contributed by atoms with Crippen LogP contribution in [0.1, 0.15) is 32.6 Å². The lowest BCUT2D eigenvalue weighted by molar-refractivity contribution is 0.254. The summed E-state index contributed by atoms with van der Waals surface area (Å²) in [7, 11) is 3.50. The van der Waals surface area contributed by atoms with Crippen molar-refractivity contribution < 1.29 is 9.31 Å². The number of rotatable bonds is 4. The molecule has 1 saturated carbocycles. The van der Waals surface area contributed by atoms with Gasteiger partial charge in [-0.15, -0.1) is 0 Å². The molecule has 3 heteroatoms. The first-order chi connectivity index (χ1) is 5.83. The smallest absolute Gasteiger partial charge is 0.414 e. The highest BCUT2D eigenvalue weighted by Crippen LogP contribution is 2.40. The van der Waals surface area contributed by atoms with Gasteiger partial charge in [0.15, 0.2) is 0 Å². The van der Waals surface area contributed by atoms with Crippen molar-refractivity contribution in [3.8, 4) is 0 Å². The molecule has 0 aliphatic heterocycles. The van der Waals surface area contributed by atoms with Crippen molar-refractivity contribution in [2.75, 3.05) is 14.2 Å². The molecule has 0 saturated heterocycles. The van der Waals surface area contributed by atoms with Crippen molar-refractivity contribution in [3.63, 3.8) is 0 Å². The molecule has 0 radical (unpaired) electrons. The third-order valence-corrected chi connectivity index (χ3v) is 3.06. The highest BCUT2D eigenvalue weighted by atomic mass is 16.6. The molecule has 12 heavy (non-hydrogen) atoms. The van der Waals surface area contributed by atoms with Crippen LogP contribution in [0.5, 0.6) is 0 Å². The summed E-state index contributed by atoms with van der Waals surface area (Å²) in [5.41, 5.74) is 0.